The Kier molecular flexibility index (Phi) is 2.70. The maximum atomic E-state index is 9.41. The lowest BCUT2D eigenvalue weighted by molar-refractivity contribution is 0.281. The molecule has 0 spiro atoms. The SMILES string of the molecule is CC(CN)(Cc1cccc(O)c1)C1CC1. The first-order valence-corrected chi connectivity index (χ1v) is 5.62. The van der Waals surface area contributed by atoms with E-state index < -0.39 is 0 Å². The van der Waals surface area contributed by atoms with Crippen molar-refractivity contribution in [2.45, 2.75) is 26.2 Å². The second kappa shape index (κ2) is 3.86. The van der Waals surface area contributed by atoms with E-state index in [1.165, 1.54) is 18.4 Å². The lowest BCUT2D eigenvalue weighted by Gasteiger charge is -2.28. The number of phenolic OH excluding ortho intramolecular Hbond substituents is 1. The van der Waals surface area contributed by atoms with Gasteiger partial charge in [0.25, 0.3) is 0 Å². The Hall–Kier alpha value is -1.02. The van der Waals surface area contributed by atoms with Crippen molar-refractivity contribution in [1.82, 2.24) is 0 Å². The summed E-state index contributed by atoms with van der Waals surface area (Å²) in [6.45, 7) is 2.99. The number of hydrogen-bond donors (Lipinski definition) is 2. The van der Waals surface area contributed by atoms with Crippen LogP contribution >= 0.6 is 0 Å². The Bertz CT molecular complexity index is 346. The van der Waals surface area contributed by atoms with E-state index in [1.807, 2.05) is 12.1 Å². The molecule has 0 amide bonds. The van der Waals surface area contributed by atoms with Gasteiger partial charge in [-0.05, 0) is 54.8 Å². The molecule has 2 rings (SSSR count). The van der Waals surface area contributed by atoms with Gasteiger partial charge in [0.2, 0.25) is 0 Å². The summed E-state index contributed by atoms with van der Waals surface area (Å²) in [7, 11) is 0. The van der Waals surface area contributed by atoms with E-state index in [0.717, 1.165) is 18.9 Å². The van der Waals surface area contributed by atoms with E-state index in [4.69, 9.17) is 5.73 Å². The molecule has 0 saturated heterocycles. The summed E-state index contributed by atoms with van der Waals surface area (Å²) < 4.78 is 0. The van der Waals surface area contributed by atoms with Gasteiger partial charge in [-0.25, -0.2) is 0 Å². The molecule has 15 heavy (non-hydrogen) atoms. The number of nitrogens with two attached hydrogens (primary N) is 1. The standard InChI is InChI=1S/C13H19NO/c1-13(9-14,11-5-6-11)8-10-3-2-4-12(15)7-10/h2-4,7,11,15H,5-6,8-9,14H2,1H3. The minimum absolute atomic E-state index is 0.216. The predicted molar refractivity (Wildman–Crippen MR) is 61.7 cm³/mol. The molecule has 0 radical (unpaired) electrons. The highest BCUT2D eigenvalue weighted by Crippen LogP contribution is 2.46. The fourth-order valence-electron chi connectivity index (χ4n) is 2.30. The van der Waals surface area contributed by atoms with Crippen LogP contribution in [0.3, 0.4) is 0 Å². The van der Waals surface area contributed by atoms with Gasteiger partial charge in [0.1, 0.15) is 5.75 Å². The van der Waals surface area contributed by atoms with E-state index in [1.54, 1.807) is 6.07 Å². The van der Waals surface area contributed by atoms with Crippen LogP contribution in [0, 0.1) is 11.3 Å². The highest BCUT2D eigenvalue weighted by atomic mass is 16.3. The summed E-state index contributed by atoms with van der Waals surface area (Å²) >= 11 is 0. The van der Waals surface area contributed by atoms with Crippen LogP contribution in [0.5, 0.6) is 5.75 Å². The summed E-state index contributed by atoms with van der Waals surface area (Å²) in [5.41, 5.74) is 7.28. The molecular weight excluding hydrogens is 186 g/mol. The Labute approximate surface area is 91.1 Å². The number of phenols is 1. The second-order valence-corrected chi connectivity index (χ2v) is 4.98. The summed E-state index contributed by atoms with van der Waals surface area (Å²) in [6.07, 6.45) is 3.60. The molecule has 1 atom stereocenters. The first kappa shape index (κ1) is 10.5. The van der Waals surface area contributed by atoms with Gasteiger partial charge in [-0.1, -0.05) is 19.1 Å². The van der Waals surface area contributed by atoms with Crippen LogP contribution < -0.4 is 5.73 Å². The molecular formula is C13H19NO. The predicted octanol–water partition coefficient (Wildman–Crippen LogP) is 2.31. The first-order chi connectivity index (χ1) is 7.14. The van der Waals surface area contributed by atoms with E-state index in [0.29, 0.717) is 5.75 Å². The third-order valence-electron chi connectivity index (χ3n) is 3.55. The lowest BCUT2D eigenvalue weighted by atomic mass is 9.79. The minimum atomic E-state index is 0.216. The van der Waals surface area contributed by atoms with E-state index >= 15 is 0 Å². The fraction of sp³-hybridized carbons (Fsp3) is 0.538. The van der Waals surface area contributed by atoms with Gasteiger partial charge in [0.15, 0.2) is 0 Å². The topological polar surface area (TPSA) is 46.2 Å². The lowest BCUT2D eigenvalue weighted by Crippen LogP contribution is -2.31. The van der Waals surface area contributed by atoms with Crippen LogP contribution in [0.25, 0.3) is 0 Å². The molecule has 3 N–H and O–H groups in total. The number of rotatable bonds is 4. The Balaban J connectivity index is 2.12. The van der Waals surface area contributed by atoms with Gasteiger partial charge in [-0.3, -0.25) is 0 Å². The van der Waals surface area contributed by atoms with Gasteiger partial charge < -0.3 is 10.8 Å². The van der Waals surface area contributed by atoms with Crippen molar-refractivity contribution in [3.63, 3.8) is 0 Å². The second-order valence-electron chi connectivity index (χ2n) is 4.98. The summed E-state index contributed by atoms with van der Waals surface area (Å²) in [5.74, 6) is 1.13. The van der Waals surface area contributed by atoms with Gasteiger partial charge in [-0.2, -0.15) is 0 Å². The Morgan fingerprint density at radius 2 is 2.20 bits per heavy atom. The quantitative estimate of drug-likeness (QED) is 0.792. The molecule has 1 aromatic carbocycles. The Morgan fingerprint density at radius 1 is 1.47 bits per heavy atom. The molecule has 1 aliphatic carbocycles. The summed E-state index contributed by atoms with van der Waals surface area (Å²) in [5, 5.41) is 9.41. The molecule has 1 aliphatic rings. The number of benzene rings is 1. The van der Waals surface area contributed by atoms with Gasteiger partial charge in [-0.15, -0.1) is 0 Å². The molecule has 82 valence electrons. The van der Waals surface area contributed by atoms with Crippen LogP contribution in [0.4, 0.5) is 0 Å². The highest BCUT2D eigenvalue weighted by molar-refractivity contribution is 5.28. The average molecular weight is 205 g/mol. The van der Waals surface area contributed by atoms with Crippen molar-refractivity contribution in [3.8, 4) is 5.75 Å². The van der Waals surface area contributed by atoms with Crippen molar-refractivity contribution in [2.24, 2.45) is 17.1 Å². The Morgan fingerprint density at radius 3 is 2.73 bits per heavy atom. The maximum Gasteiger partial charge on any atom is 0.115 e. The molecule has 1 fully saturated rings. The molecule has 0 bridgehead atoms. The largest absolute Gasteiger partial charge is 0.508 e. The van der Waals surface area contributed by atoms with Crippen molar-refractivity contribution >= 4 is 0 Å². The number of hydrogen-bond acceptors (Lipinski definition) is 2. The maximum absolute atomic E-state index is 9.41. The molecule has 2 heteroatoms. The number of aromatic hydroxyl groups is 1. The smallest absolute Gasteiger partial charge is 0.115 e. The molecule has 2 nitrogen and oxygen atoms in total. The van der Waals surface area contributed by atoms with E-state index in [9.17, 15) is 5.11 Å². The third-order valence-corrected chi connectivity index (χ3v) is 3.55. The zero-order valence-electron chi connectivity index (χ0n) is 9.24. The summed E-state index contributed by atoms with van der Waals surface area (Å²) in [4.78, 5) is 0. The van der Waals surface area contributed by atoms with Crippen molar-refractivity contribution < 1.29 is 5.11 Å². The van der Waals surface area contributed by atoms with Gasteiger partial charge >= 0.3 is 0 Å². The molecule has 0 aromatic heterocycles. The molecule has 0 aliphatic heterocycles. The minimum Gasteiger partial charge on any atom is -0.508 e. The van der Waals surface area contributed by atoms with Gasteiger partial charge in [0.05, 0.1) is 0 Å². The molecule has 0 heterocycles. The van der Waals surface area contributed by atoms with Crippen molar-refractivity contribution in [2.75, 3.05) is 6.54 Å². The average Bonchev–Trinajstić information content (AvgIpc) is 3.01. The van der Waals surface area contributed by atoms with Crippen LogP contribution in [0.15, 0.2) is 24.3 Å². The fourth-order valence-corrected chi connectivity index (χ4v) is 2.30. The zero-order chi connectivity index (χ0) is 10.9. The zero-order valence-corrected chi connectivity index (χ0v) is 9.24. The van der Waals surface area contributed by atoms with Crippen LogP contribution in [-0.4, -0.2) is 11.7 Å². The molecule has 1 saturated carbocycles. The van der Waals surface area contributed by atoms with Crippen molar-refractivity contribution in [3.05, 3.63) is 29.8 Å². The van der Waals surface area contributed by atoms with Crippen LogP contribution in [-0.2, 0) is 6.42 Å². The van der Waals surface area contributed by atoms with E-state index in [-0.39, 0.29) is 5.41 Å². The van der Waals surface area contributed by atoms with Crippen molar-refractivity contribution in [1.29, 1.82) is 0 Å². The third kappa shape index (κ3) is 2.32. The van der Waals surface area contributed by atoms with Crippen LogP contribution in [0.1, 0.15) is 25.3 Å². The molecule has 1 aromatic rings. The highest BCUT2D eigenvalue weighted by Gasteiger charge is 2.40. The van der Waals surface area contributed by atoms with Crippen LogP contribution in [0.2, 0.25) is 0 Å². The first-order valence-electron chi connectivity index (χ1n) is 5.62. The molecule has 1 unspecified atom stereocenters. The van der Waals surface area contributed by atoms with E-state index in [2.05, 4.69) is 13.0 Å². The normalized spacial score (nSPS) is 19.9. The van der Waals surface area contributed by atoms with Gasteiger partial charge in [0, 0.05) is 0 Å². The monoisotopic (exact) mass is 205 g/mol. The summed E-state index contributed by atoms with van der Waals surface area (Å²) in [6, 6.07) is 7.52.